The van der Waals surface area contributed by atoms with Crippen LogP contribution in [0.3, 0.4) is 0 Å². The zero-order chi connectivity index (χ0) is 10.0. The second-order valence-corrected chi connectivity index (χ2v) is 3.03. The Morgan fingerprint density at radius 2 is 1.92 bits per heavy atom. The number of allylic oxidation sites excluding steroid dienone is 1. The Bertz CT molecular complexity index is 340. The minimum absolute atomic E-state index is 0.259. The van der Waals surface area contributed by atoms with Crippen LogP contribution in [0, 0.1) is 11.6 Å². The summed E-state index contributed by atoms with van der Waals surface area (Å²) >= 11 is 0. The second-order valence-electron chi connectivity index (χ2n) is 3.03. The molecule has 1 aromatic carbocycles. The van der Waals surface area contributed by atoms with Gasteiger partial charge in [-0.1, -0.05) is 25.6 Å². The van der Waals surface area contributed by atoms with Crippen LogP contribution in [0.15, 0.2) is 18.7 Å². The lowest BCUT2D eigenvalue weighted by molar-refractivity contribution is 0.497. The molecule has 0 unspecified atom stereocenters. The molecular formula is C11H12F2. The van der Waals surface area contributed by atoms with Crippen LogP contribution in [-0.4, -0.2) is 0 Å². The van der Waals surface area contributed by atoms with Gasteiger partial charge >= 0.3 is 0 Å². The van der Waals surface area contributed by atoms with Gasteiger partial charge < -0.3 is 0 Å². The quantitative estimate of drug-likeness (QED) is 0.656. The summed E-state index contributed by atoms with van der Waals surface area (Å²) in [5.74, 6) is -1.53. The predicted molar refractivity (Wildman–Crippen MR) is 50.4 cm³/mol. The smallest absolute Gasteiger partial charge is 0.166 e. The van der Waals surface area contributed by atoms with E-state index in [-0.39, 0.29) is 5.56 Å². The molecule has 0 aromatic heterocycles. The van der Waals surface area contributed by atoms with Crippen molar-refractivity contribution in [3.63, 3.8) is 0 Å². The molecule has 0 aliphatic heterocycles. The molecular weight excluding hydrogens is 170 g/mol. The average molecular weight is 182 g/mol. The molecule has 0 N–H and O–H groups in total. The summed E-state index contributed by atoms with van der Waals surface area (Å²) in [4.78, 5) is 0. The topological polar surface area (TPSA) is 0 Å². The SMILES string of the molecule is C=C(C)c1ccc(CC)c(F)c1F. The van der Waals surface area contributed by atoms with Gasteiger partial charge in [-0.3, -0.25) is 0 Å². The van der Waals surface area contributed by atoms with Crippen molar-refractivity contribution < 1.29 is 8.78 Å². The van der Waals surface area contributed by atoms with Gasteiger partial charge in [0.1, 0.15) is 0 Å². The molecule has 0 aliphatic rings. The molecule has 0 spiro atoms. The van der Waals surface area contributed by atoms with Crippen LogP contribution in [0.25, 0.3) is 5.57 Å². The lowest BCUT2D eigenvalue weighted by atomic mass is 10.0. The molecule has 2 heteroatoms. The summed E-state index contributed by atoms with van der Waals surface area (Å²) in [6, 6.07) is 3.17. The summed E-state index contributed by atoms with van der Waals surface area (Å²) in [5.41, 5.74) is 1.20. The molecule has 0 heterocycles. The van der Waals surface area contributed by atoms with E-state index >= 15 is 0 Å². The van der Waals surface area contributed by atoms with E-state index in [2.05, 4.69) is 6.58 Å². The maximum atomic E-state index is 13.3. The van der Waals surface area contributed by atoms with Crippen molar-refractivity contribution in [2.24, 2.45) is 0 Å². The first kappa shape index (κ1) is 9.90. The minimum atomic E-state index is -0.785. The van der Waals surface area contributed by atoms with Crippen LogP contribution < -0.4 is 0 Å². The van der Waals surface area contributed by atoms with Crippen LogP contribution in [0.1, 0.15) is 25.0 Å². The van der Waals surface area contributed by atoms with Crippen molar-refractivity contribution in [3.8, 4) is 0 Å². The number of aryl methyl sites for hydroxylation is 1. The Hall–Kier alpha value is -1.18. The number of rotatable bonds is 2. The number of benzene rings is 1. The number of halogens is 2. The molecule has 0 atom stereocenters. The van der Waals surface area contributed by atoms with E-state index in [0.29, 0.717) is 17.6 Å². The third-order valence-corrected chi connectivity index (χ3v) is 2.00. The van der Waals surface area contributed by atoms with Gasteiger partial charge in [-0.25, -0.2) is 8.78 Å². The fraction of sp³-hybridized carbons (Fsp3) is 0.273. The van der Waals surface area contributed by atoms with Crippen molar-refractivity contribution in [2.45, 2.75) is 20.3 Å². The zero-order valence-electron chi connectivity index (χ0n) is 7.82. The molecule has 0 amide bonds. The Kier molecular flexibility index (Phi) is 2.81. The Morgan fingerprint density at radius 1 is 1.31 bits per heavy atom. The zero-order valence-corrected chi connectivity index (χ0v) is 7.82. The maximum Gasteiger partial charge on any atom is 0.166 e. The Labute approximate surface area is 76.9 Å². The van der Waals surface area contributed by atoms with E-state index in [1.165, 1.54) is 0 Å². The van der Waals surface area contributed by atoms with Crippen LogP contribution >= 0.6 is 0 Å². The third-order valence-electron chi connectivity index (χ3n) is 2.00. The third kappa shape index (κ3) is 1.77. The molecule has 0 radical (unpaired) electrons. The standard InChI is InChI=1S/C11H12F2/c1-4-8-5-6-9(7(2)3)11(13)10(8)12/h5-6H,2,4H2,1,3H3. The van der Waals surface area contributed by atoms with Gasteiger partial charge in [0.25, 0.3) is 0 Å². The van der Waals surface area contributed by atoms with Gasteiger partial charge in [-0.2, -0.15) is 0 Å². The van der Waals surface area contributed by atoms with E-state index in [9.17, 15) is 8.78 Å². The highest BCUT2D eigenvalue weighted by Crippen LogP contribution is 2.21. The first-order chi connectivity index (χ1) is 6.07. The highest BCUT2D eigenvalue weighted by molar-refractivity contribution is 5.62. The molecule has 1 rings (SSSR count). The van der Waals surface area contributed by atoms with Gasteiger partial charge in [0.2, 0.25) is 0 Å². The highest BCUT2D eigenvalue weighted by Gasteiger charge is 2.11. The summed E-state index contributed by atoms with van der Waals surface area (Å²) in [6.07, 6.45) is 0.499. The van der Waals surface area contributed by atoms with Crippen molar-refractivity contribution in [1.82, 2.24) is 0 Å². The molecule has 0 nitrogen and oxygen atoms in total. The second kappa shape index (κ2) is 3.69. The molecule has 70 valence electrons. The molecule has 0 bridgehead atoms. The van der Waals surface area contributed by atoms with Gasteiger partial charge in [0.15, 0.2) is 11.6 Å². The van der Waals surface area contributed by atoms with Crippen LogP contribution in [0.2, 0.25) is 0 Å². The first-order valence-electron chi connectivity index (χ1n) is 4.20. The minimum Gasteiger partial charge on any atom is -0.203 e. The summed E-state index contributed by atoms with van der Waals surface area (Å²) < 4.78 is 26.5. The van der Waals surface area contributed by atoms with Gasteiger partial charge in [-0.15, -0.1) is 0 Å². The lowest BCUT2D eigenvalue weighted by Gasteiger charge is -2.06. The predicted octanol–water partition coefficient (Wildman–Crippen LogP) is 3.56. The highest BCUT2D eigenvalue weighted by atomic mass is 19.2. The number of hydrogen-bond acceptors (Lipinski definition) is 0. The van der Waals surface area contributed by atoms with E-state index in [1.807, 2.05) is 0 Å². The monoisotopic (exact) mass is 182 g/mol. The Morgan fingerprint density at radius 3 is 2.38 bits per heavy atom. The average Bonchev–Trinajstić information content (AvgIpc) is 2.09. The first-order valence-corrected chi connectivity index (χ1v) is 4.20. The fourth-order valence-electron chi connectivity index (χ4n) is 1.19. The molecule has 0 saturated heterocycles. The van der Waals surface area contributed by atoms with Crippen molar-refractivity contribution in [1.29, 1.82) is 0 Å². The van der Waals surface area contributed by atoms with Crippen molar-refractivity contribution in [3.05, 3.63) is 41.5 Å². The molecule has 0 saturated carbocycles. The normalized spacial score (nSPS) is 10.2. The van der Waals surface area contributed by atoms with E-state index in [1.54, 1.807) is 26.0 Å². The number of hydrogen-bond donors (Lipinski definition) is 0. The van der Waals surface area contributed by atoms with E-state index in [0.717, 1.165) is 0 Å². The largest absolute Gasteiger partial charge is 0.203 e. The fourth-order valence-corrected chi connectivity index (χ4v) is 1.19. The van der Waals surface area contributed by atoms with Gasteiger partial charge in [0, 0.05) is 5.56 Å². The summed E-state index contributed by atoms with van der Waals surface area (Å²) in [5, 5.41) is 0. The lowest BCUT2D eigenvalue weighted by Crippen LogP contribution is -1.96. The van der Waals surface area contributed by atoms with Crippen molar-refractivity contribution in [2.75, 3.05) is 0 Å². The van der Waals surface area contributed by atoms with Gasteiger partial charge in [-0.05, 0) is 24.5 Å². The van der Waals surface area contributed by atoms with E-state index in [4.69, 9.17) is 0 Å². The van der Waals surface area contributed by atoms with Gasteiger partial charge in [0.05, 0.1) is 0 Å². The summed E-state index contributed by atoms with van der Waals surface area (Å²) in [6.45, 7) is 7.02. The van der Waals surface area contributed by atoms with Crippen LogP contribution in [0.5, 0.6) is 0 Å². The molecule has 1 aromatic rings. The maximum absolute atomic E-state index is 13.3. The van der Waals surface area contributed by atoms with Crippen molar-refractivity contribution >= 4 is 5.57 Å². The molecule has 0 fully saturated rings. The molecule has 0 aliphatic carbocycles. The van der Waals surface area contributed by atoms with Crippen LogP contribution in [-0.2, 0) is 6.42 Å². The molecule has 13 heavy (non-hydrogen) atoms. The Balaban J connectivity index is 3.31. The summed E-state index contributed by atoms with van der Waals surface area (Å²) in [7, 11) is 0. The van der Waals surface area contributed by atoms with Crippen LogP contribution in [0.4, 0.5) is 8.78 Å². The van der Waals surface area contributed by atoms with E-state index < -0.39 is 11.6 Å².